The molecule has 12 rings (SSSR count). The van der Waals surface area contributed by atoms with E-state index in [9.17, 15) is 0 Å². The second-order valence-electron chi connectivity index (χ2n) is 15.8. The van der Waals surface area contributed by atoms with Crippen molar-refractivity contribution in [2.45, 2.75) is 13.1 Å². The Balaban J connectivity index is 1.11. The van der Waals surface area contributed by atoms with Crippen molar-refractivity contribution < 1.29 is 0 Å². The molecule has 0 unspecified atom stereocenters. The molecule has 0 bridgehead atoms. The number of aromatic nitrogens is 4. The third-order valence-corrected chi connectivity index (χ3v) is 15.9. The fourth-order valence-electron chi connectivity index (χ4n) is 9.68. The molecule has 0 aliphatic carbocycles. The van der Waals surface area contributed by atoms with Crippen LogP contribution in [-0.2, 0) is 0 Å². The van der Waals surface area contributed by atoms with Crippen molar-refractivity contribution in [3.63, 3.8) is 0 Å². The molecule has 11 aromatic rings. The van der Waals surface area contributed by atoms with Crippen LogP contribution in [0.4, 0.5) is 0 Å². The average molecular weight is 745 g/mol. The average Bonchev–Trinajstić information content (AvgIpc) is 3.86. The maximum absolute atomic E-state index is 5.59. The van der Waals surface area contributed by atoms with Crippen molar-refractivity contribution in [3.8, 4) is 45.1 Å². The molecule has 0 N–H and O–H groups in total. The summed E-state index contributed by atoms with van der Waals surface area (Å²) in [5.74, 6) is 0.675. The standard InChI is InChI=1S/C52H36N4Si/c1-57(2)47-24-14-11-21-40(47)49-48(57)30-28-42-50(49)51(33-15-5-3-6-16-33)54-52(53-42)56-44-23-13-9-19-37(44)39-27-25-35(32-46(39)56)34-26-29-45-41(31-34)38-20-10-12-22-43(38)55(45)36-17-7-4-8-18-36/h3-32H,1-2H3. The number of para-hydroxylation sites is 3. The first-order valence-corrected chi connectivity index (χ1v) is 22.7. The van der Waals surface area contributed by atoms with Crippen LogP contribution in [0.1, 0.15) is 0 Å². The third-order valence-electron chi connectivity index (χ3n) is 12.3. The Kier molecular flexibility index (Phi) is 6.75. The lowest BCUT2D eigenvalue weighted by Gasteiger charge is -2.19. The molecule has 4 nitrogen and oxygen atoms in total. The fraction of sp³-hybridized carbons (Fsp3) is 0.0385. The Hall–Kier alpha value is -7.08. The van der Waals surface area contributed by atoms with Crippen LogP contribution in [0, 0.1) is 0 Å². The molecule has 0 saturated heterocycles. The summed E-state index contributed by atoms with van der Waals surface area (Å²) in [5.41, 5.74) is 13.7. The number of hydrogen-bond acceptors (Lipinski definition) is 2. The van der Waals surface area contributed by atoms with Crippen LogP contribution in [-0.4, -0.2) is 27.2 Å². The zero-order chi connectivity index (χ0) is 37.8. The van der Waals surface area contributed by atoms with Crippen LogP contribution in [0.25, 0.3) is 99.7 Å². The number of rotatable bonds is 4. The van der Waals surface area contributed by atoms with Crippen LogP contribution in [0.5, 0.6) is 0 Å². The largest absolute Gasteiger partial charge is 0.309 e. The van der Waals surface area contributed by atoms with Gasteiger partial charge in [0.25, 0.3) is 0 Å². The van der Waals surface area contributed by atoms with Gasteiger partial charge in [-0.1, -0.05) is 147 Å². The van der Waals surface area contributed by atoms with Gasteiger partial charge in [-0.3, -0.25) is 4.57 Å². The summed E-state index contributed by atoms with van der Waals surface area (Å²) in [7, 11) is -1.91. The van der Waals surface area contributed by atoms with Gasteiger partial charge in [-0.2, -0.15) is 0 Å². The zero-order valence-electron chi connectivity index (χ0n) is 31.6. The molecule has 57 heavy (non-hydrogen) atoms. The third kappa shape index (κ3) is 4.60. The highest BCUT2D eigenvalue weighted by Gasteiger charge is 2.39. The van der Waals surface area contributed by atoms with Gasteiger partial charge in [-0.05, 0) is 81.2 Å². The summed E-state index contributed by atoms with van der Waals surface area (Å²) < 4.78 is 4.65. The molecule has 5 heteroatoms. The van der Waals surface area contributed by atoms with E-state index in [0.717, 1.165) is 44.4 Å². The van der Waals surface area contributed by atoms with Gasteiger partial charge in [0, 0.05) is 38.2 Å². The van der Waals surface area contributed by atoms with E-state index < -0.39 is 8.07 Å². The Morgan fingerprint density at radius 2 is 1.04 bits per heavy atom. The van der Waals surface area contributed by atoms with E-state index in [0.29, 0.717) is 5.95 Å². The van der Waals surface area contributed by atoms with Gasteiger partial charge in [-0.25, -0.2) is 9.97 Å². The normalized spacial score (nSPS) is 13.2. The summed E-state index contributed by atoms with van der Waals surface area (Å²) in [6, 6.07) is 66.0. The maximum atomic E-state index is 5.59. The second kappa shape index (κ2) is 12.0. The molecule has 0 radical (unpaired) electrons. The Labute approximate surface area is 331 Å². The van der Waals surface area contributed by atoms with Crippen LogP contribution in [0.2, 0.25) is 13.1 Å². The van der Waals surface area contributed by atoms with Crippen LogP contribution in [0.3, 0.4) is 0 Å². The summed E-state index contributed by atoms with van der Waals surface area (Å²) in [4.78, 5) is 11.1. The highest BCUT2D eigenvalue weighted by Crippen LogP contribution is 2.41. The lowest BCUT2D eigenvalue weighted by Crippen LogP contribution is -2.49. The molecule has 0 spiro atoms. The van der Waals surface area contributed by atoms with Crippen LogP contribution >= 0.6 is 0 Å². The highest BCUT2D eigenvalue weighted by atomic mass is 28.3. The molecule has 3 aromatic heterocycles. The first kappa shape index (κ1) is 32.2. The van der Waals surface area contributed by atoms with Crippen LogP contribution in [0.15, 0.2) is 182 Å². The summed E-state index contributed by atoms with van der Waals surface area (Å²) in [5, 5.41) is 8.91. The fourth-order valence-corrected chi connectivity index (χ4v) is 12.8. The summed E-state index contributed by atoms with van der Waals surface area (Å²) >= 11 is 0. The molecule has 0 fully saturated rings. The minimum Gasteiger partial charge on any atom is -0.309 e. The lowest BCUT2D eigenvalue weighted by atomic mass is 9.97. The van der Waals surface area contributed by atoms with Gasteiger partial charge < -0.3 is 4.57 Å². The number of benzene rings is 8. The molecule has 268 valence electrons. The molecule has 0 saturated carbocycles. The van der Waals surface area contributed by atoms with E-state index in [4.69, 9.17) is 9.97 Å². The van der Waals surface area contributed by atoms with Gasteiger partial charge in [0.2, 0.25) is 5.95 Å². The van der Waals surface area contributed by atoms with E-state index in [1.807, 2.05) is 0 Å². The van der Waals surface area contributed by atoms with E-state index >= 15 is 0 Å². The molecular weight excluding hydrogens is 709 g/mol. The summed E-state index contributed by atoms with van der Waals surface area (Å²) in [6.07, 6.45) is 0. The Morgan fingerprint density at radius 3 is 1.84 bits per heavy atom. The number of hydrogen-bond donors (Lipinski definition) is 0. The lowest BCUT2D eigenvalue weighted by molar-refractivity contribution is 1.01. The van der Waals surface area contributed by atoms with Crippen LogP contribution < -0.4 is 10.4 Å². The predicted octanol–water partition coefficient (Wildman–Crippen LogP) is 12.0. The number of fused-ring (bicyclic) bond motifs is 11. The van der Waals surface area contributed by atoms with E-state index in [2.05, 4.69) is 204 Å². The van der Waals surface area contributed by atoms with Crippen molar-refractivity contribution >= 4 is 73.0 Å². The van der Waals surface area contributed by atoms with E-state index in [1.54, 1.807) is 0 Å². The SMILES string of the molecule is C[Si]1(C)c2ccccc2-c2c1ccc1nc(-n3c4ccccc4c4ccc(-c5ccc6c(c5)c5ccccc5n6-c5ccccc5)cc43)nc(-c3ccccc3)c21. The zero-order valence-corrected chi connectivity index (χ0v) is 32.6. The maximum Gasteiger partial charge on any atom is 0.235 e. The van der Waals surface area contributed by atoms with Gasteiger partial charge in [0.15, 0.2) is 0 Å². The van der Waals surface area contributed by atoms with E-state index in [-0.39, 0.29) is 0 Å². The highest BCUT2D eigenvalue weighted by molar-refractivity contribution is 7.04. The minimum absolute atomic E-state index is 0.675. The van der Waals surface area contributed by atoms with Gasteiger partial charge in [0.05, 0.1) is 33.3 Å². The predicted molar refractivity (Wildman–Crippen MR) is 241 cm³/mol. The van der Waals surface area contributed by atoms with Crippen molar-refractivity contribution in [2.75, 3.05) is 0 Å². The van der Waals surface area contributed by atoms with Crippen molar-refractivity contribution in [3.05, 3.63) is 182 Å². The molecule has 1 aliphatic rings. The molecule has 0 amide bonds. The topological polar surface area (TPSA) is 35.6 Å². The monoisotopic (exact) mass is 744 g/mol. The molecule has 4 heterocycles. The molecular formula is C52H36N4Si. The number of nitrogens with zero attached hydrogens (tertiary/aromatic N) is 4. The van der Waals surface area contributed by atoms with Gasteiger partial charge in [0.1, 0.15) is 8.07 Å². The van der Waals surface area contributed by atoms with Gasteiger partial charge in [-0.15, -0.1) is 0 Å². The molecule has 8 aromatic carbocycles. The van der Waals surface area contributed by atoms with Crippen molar-refractivity contribution in [1.29, 1.82) is 0 Å². The quantitative estimate of drug-likeness (QED) is 0.168. The first-order chi connectivity index (χ1) is 28.0. The molecule has 0 atom stereocenters. The Morgan fingerprint density at radius 1 is 0.421 bits per heavy atom. The Bertz CT molecular complexity index is 3430. The van der Waals surface area contributed by atoms with E-state index in [1.165, 1.54) is 59.6 Å². The second-order valence-corrected chi connectivity index (χ2v) is 20.1. The molecule has 1 aliphatic heterocycles. The van der Waals surface area contributed by atoms with Crippen molar-refractivity contribution in [1.82, 2.24) is 19.1 Å². The smallest absolute Gasteiger partial charge is 0.235 e. The summed E-state index contributed by atoms with van der Waals surface area (Å²) in [6.45, 7) is 4.94. The van der Waals surface area contributed by atoms with Gasteiger partial charge >= 0.3 is 0 Å². The minimum atomic E-state index is -1.91. The first-order valence-electron chi connectivity index (χ1n) is 19.7. The van der Waals surface area contributed by atoms with Crippen molar-refractivity contribution in [2.24, 2.45) is 0 Å².